The number of hydrogen-bond acceptors (Lipinski definition) is 4. The number of anilines is 1. The quantitative estimate of drug-likeness (QED) is 0.889. The highest BCUT2D eigenvalue weighted by Gasteiger charge is 2.17. The van der Waals surface area contributed by atoms with Crippen molar-refractivity contribution in [3.05, 3.63) is 52.4 Å². The smallest absolute Gasteiger partial charge is 0.346 e. The average Bonchev–Trinajstić information content (AvgIpc) is 2.70. The summed E-state index contributed by atoms with van der Waals surface area (Å²) in [5.74, 6) is -1.20. The van der Waals surface area contributed by atoms with Crippen molar-refractivity contribution < 1.29 is 18.3 Å². The molecule has 0 saturated carbocycles. The number of carboxylic acids is 1. The number of rotatable bonds is 5. The summed E-state index contributed by atoms with van der Waals surface area (Å²) in [7, 11) is -3.55. The van der Waals surface area contributed by atoms with Crippen LogP contribution >= 0.6 is 11.3 Å². The second-order valence-corrected chi connectivity index (χ2v) is 7.05. The van der Waals surface area contributed by atoms with E-state index in [4.69, 9.17) is 5.11 Å². The van der Waals surface area contributed by atoms with E-state index in [1.54, 1.807) is 31.2 Å². The van der Waals surface area contributed by atoms with Gasteiger partial charge in [0.2, 0.25) is 10.0 Å². The van der Waals surface area contributed by atoms with E-state index in [9.17, 15) is 13.2 Å². The van der Waals surface area contributed by atoms with Gasteiger partial charge in [0.15, 0.2) is 0 Å². The molecular formula is C13H13NO4S2. The summed E-state index contributed by atoms with van der Waals surface area (Å²) in [6, 6.07) is 10.3. The highest BCUT2D eigenvalue weighted by Crippen LogP contribution is 2.27. The van der Waals surface area contributed by atoms with Gasteiger partial charge in [-0.05, 0) is 24.1 Å². The largest absolute Gasteiger partial charge is 0.477 e. The third kappa shape index (κ3) is 3.58. The Kier molecular flexibility index (Phi) is 4.10. The number of hydrogen-bond donors (Lipinski definition) is 2. The summed E-state index contributed by atoms with van der Waals surface area (Å²) in [6.45, 7) is 1.63. The van der Waals surface area contributed by atoms with Crippen molar-refractivity contribution in [2.24, 2.45) is 0 Å². The maximum atomic E-state index is 12.0. The SMILES string of the molecule is Cc1cc(NS(=O)(=O)Cc2ccccc2)sc1C(=O)O. The van der Waals surface area contributed by atoms with E-state index in [0.29, 0.717) is 16.1 Å². The summed E-state index contributed by atoms with van der Waals surface area (Å²) in [5.41, 5.74) is 1.21. The van der Waals surface area contributed by atoms with Gasteiger partial charge in [-0.25, -0.2) is 13.2 Å². The average molecular weight is 311 g/mol. The number of carbonyl (C=O) groups is 1. The molecule has 20 heavy (non-hydrogen) atoms. The van der Waals surface area contributed by atoms with Gasteiger partial charge in [-0.2, -0.15) is 0 Å². The highest BCUT2D eigenvalue weighted by atomic mass is 32.2. The van der Waals surface area contributed by atoms with Crippen molar-refractivity contribution in [1.82, 2.24) is 0 Å². The van der Waals surface area contributed by atoms with E-state index in [1.807, 2.05) is 6.07 Å². The molecule has 106 valence electrons. The molecule has 1 heterocycles. The summed E-state index contributed by atoms with van der Waals surface area (Å²) in [5, 5.41) is 9.26. The molecule has 2 aromatic rings. The molecule has 0 radical (unpaired) electrons. The molecule has 0 amide bonds. The fraction of sp³-hybridized carbons (Fsp3) is 0.154. The van der Waals surface area contributed by atoms with E-state index < -0.39 is 16.0 Å². The van der Waals surface area contributed by atoms with Crippen LogP contribution in [-0.4, -0.2) is 19.5 Å². The first-order chi connectivity index (χ1) is 9.37. The van der Waals surface area contributed by atoms with Crippen molar-refractivity contribution in [2.45, 2.75) is 12.7 Å². The molecule has 0 unspecified atom stereocenters. The van der Waals surface area contributed by atoms with E-state index in [2.05, 4.69) is 4.72 Å². The normalized spacial score (nSPS) is 11.2. The Morgan fingerprint density at radius 2 is 1.95 bits per heavy atom. The maximum Gasteiger partial charge on any atom is 0.346 e. The first-order valence-electron chi connectivity index (χ1n) is 5.75. The monoisotopic (exact) mass is 311 g/mol. The maximum absolute atomic E-state index is 12.0. The summed E-state index contributed by atoms with van der Waals surface area (Å²) in [6.07, 6.45) is 0. The van der Waals surface area contributed by atoms with E-state index >= 15 is 0 Å². The molecule has 0 aliphatic carbocycles. The Morgan fingerprint density at radius 3 is 2.50 bits per heavy atom. The molecule has 1 aromatic heterocycles. The molecule has 5 nitrogen and oxygen atoms in total. The molecule has 0 fully saturated rings. The fourth-order valence-corrected chi connectivity index (χ4v) is 4.11. The zero-order chi connectivity index (χ0) is 14.8. The first kappa shape index (κ1) is 14.5. The minimum Gasteiger partial charge on any atom is -0.477 e. The van der Waals surface area contributed by atoms with Crippen molar-refractivity contribution in [3.63, 3.8) is 0 Å². The van der Waals surface area contributed by atoms with Crippen LogP contribution in [0.3, 0.4) is 0 Å². The van der Waals surface area contributed by atoms with Gasteiger partial charge in [-0.1, -0.05) is 30.3 Å². The molecule has 2 N–H and O–H groups in total. The van der Waals surface area contributed by atoms with Crippen LogP contribution in [0.1, 0.15) is 20.8 Å². The zero-order valence-corrected chi connectivity index (χ0v) is 12.3. The zero-order valence-electron chi connectivity index (χ0n) is 10.7. The van der Waals surface area contributed by atoms with Gasteiger partial charge in [-0.3, -0.25) is 4.72 Å². The second kappa shape index (κ2) is 5.64. The standard InChI is InChI=1S/C13H13NO4S2/c1-9-7-11(19-12(9)13(15)16)14-20(17,18)8-10-5-3-2-4-6-10/h2-7,14H,8H2,1H3,(H,15,16). The predicted octanol–water partition coefficient (Wildman–Crippen LogP) is 2.70. The third-order valence-electron chi connectivity index (χ3n) is 2.57. The molecule has 0 aliphatic rings. The van der Waals surface area contributed by atoms with Crippen LogP contribution in [-0.2, 0) is 15.8 Å². The minimum absolute atomic E-state index is 0.141. The predicted molar refractivity (Wildman–Crippen MR) is 78.7 cm³/mol. The van der Waals surface area contributed by atoms with Crippen molar-refractivity contribution >= 4 is 32.3 Å². The van der Waals surface area contributed by atoms with Crippen LogP contribution in [0, 0.1) is 6.92 Å². The molecule has 0 bridgehead atoms. The van der Waals surface area contributed by atoms with E-state index in [0.717, 1.165) is 11.3 Å². The number of sulfonamides is 1. The second-order valence-electron chi connectivity index (χ2n) is 4.27. The van der Waals surface area contributed by atoms with Crippen LogP contribution < -0.4 is 4.72 Å². The Balaban J connectivity index is 2.16. The Morgan fingerprint density at radius 1 is 1.30 bits per heavy atom. The van der Waals surface area contributed by atoms with Crippen LogP contribution in [0.2, 0.25) is 0 Å². The fourth-order valence-electron chi connectivity index (χ4n) is 1.73. The highest BCUT2D eigenvalue weighted by molar-refractivity contribution is 7.92. The summed E-state index contributed by atoms with van der Waals surface area (Å²) in [4.78, 5) is 11.1. The molecule has 0 aliphatic heterocycles. The molecule has 1 aromatic carbocycles. The molecule has 0 spiro atoms. The van der Waals surface area contributed by atoms with Gasteiger partial charge in [0.1, 0.15) is 9.88 Å². The van der Waals surface area contributed by atoms with Crippen LogP contribution in [0.4, 0.5) is 5.00 Å². The lowest BCUT2D eigenvalue weighted by Crippen LogP contribution is -2.14. The Hall–Kier alpha value is -1.86. The number of carboxylic acid groups (broad SMARTS) is 1. The van der Waals surface area contributed by atoms with E-state index in [-0.39, 0.29) is 10.6 Å². The van der Waals surface area contributed by atoms with Gasteiger partial charge in [0, 0.05) is 0 Å². The molecule has 0 saturated heterocycles. The Bertz CT molecular complexity index is 720. The molecule has 2 rings (SSSR count). The molecular weight excluding hydrogens is 298 g/mol. The third-order valence-corrected chi connectivity index (χ3v) is 5.08. The number of benzene rings is 1. The van der Waals surface area contributed by atoms with Crippen LogP contribution in [0.5, 0.6) is 0 Å². The lowest BCUT2D eigenvalue weighted by Gasteiger charge is -2.05. The summed E-state index contributed by atoms with van der Waals surface area (Å²) < 4.78 is 26.4. The van der Waals surface area contributed by atoms with E-state index in [1.165, 1.54) is 6.07 Å². The van der Waals surface area contributed by atoms with Gasteiger partial charge in [0.05, 0.1) is 5.75 Å². The van der Waals surface area contributed by atoms with Crippen molar-refractivity contribution in [2.75, 3.05) is 4.72 Å². The van der Waals surface area contributed by atoms with Crippen LogP contribution in [0.25, 0.3) is 0 Å². The lowest BCUT2D eigenvalue weighted by atomic mass is 10.2. The van der Waals surface area contributed by atoms with Crippen molar-refractivity contribution in [3.8, 4) is 0 Å². The molecule has 7 heteroatoms. The van der Waals surface area contributed by atoms with Crippen molar-refractivity contribution in [1.29, 1.82) is 0 Å². The molecule has 0 atom stereocenters. The van der Waals surface area contributed by atoms with Crippen LogP contribution in [0.15, 0.2) is 36.4 Å². The topological polar surface area (TPSA) is 83.5 Å². The lowest BCUT2D eigenvalue weighted by molar-refractivity contribution is 0.0701. The number of aromatic carboxylic acids is 1. The van der Waals surface area contributed by atoms with Gasteiger partial charge >= 0.3 is 5.97 Å². The summed E-state index contributed by atoms with van der Waals surface area (Å²) >= 11 is 0.915. The Labute approximate surface area is 120 Å². The van der Waals surface area contributed by atoms with Gasteiger partial charge < -0.3 is 5.11 Å². The number of aryl methyl sites for hydroxylation is 1. The minimum atomic E-state index is -3.55. The number of nitrogens with one attached hydrogen (secondary N) is 1. The van der Waals surface area contributed by atoms with Gasteiger partial charge in [0.25, 0.3) is 0 Å². The first-order valence-corrected chi connectivity index (χ1v) is 8.22. The van der Waals surface area contributed by atoms with Gasteiger partial charge in [-0.15, -0.1) is 11.3 Å². The number of thiophene rings is 1.